The number of carbonyl (C=O) groups excluding carboxylic acids is 1. The number of nitrogens with zero attached hydrogens (tertiary/aromatic N) is 1. The monoisotopic (exact) mass is 472 g/mol. The molecule has 0 aliphatic carbocycles. The van der Waals surface area contributed by atoms with Crippen LogP contribution in [-0.4, -0.2) is 28.0 Å². The van der Waals surface area contributed by atoms with Crippen LogP contribution in [0.4, 0.5) is 11.4 Å². The zero-order chi connectivity index (χ0) is 23.5. The number of rotatable bonds is 7. The molecular weight excluding hydrogens is 448 g/mol. The number of methoxy groups -OCH3 is 1. The van der Waals surface area contributed by atoms with E-state index in [0.29, 0.717) is 11.4 Å². The Morgan fingerprint density at radius 1 is 1.03 bits per heavy atom. The first-order chi connectivity index (χ1) is 15.1. The number of benzene rings is 3. The summed E-state index contributed by atoms with van der Waals surface area (Å²) in [4.78, 5) is 13.0. The summed E-state index contributed by atoms with van der Waals surface area (Å²) in [6.45, 7) is 5.29. The van der Waals surface area contributed by atoms with E-state index in [9.17, 15) is 13.2 Å². The molecule has 0 aromatic heterocycles. The van der Waals surface area contributed by atoms with Gasteiger partial charge in [0, 0.05) is 5.69 Å². The highest BCUT2D eigenvalue weighted by atomic mass is 35.5. The normalized spacial score (nSPS) is 11.2. The maximum atomic E-state index is 13.5. The Hall–Kier alpha value is -3.03. The highest BCUT2D eigenvalue weighted by Gasteiger charge is 2.28. The quantitative estimate of drug-likeness (QED) is 0.518. The minimum atomic E-state index is -4.04. The van der Waals surface area contributed by atoms with E-state index in [-0.39, 0.29) is 15.6 Å². The summed E-state index contributed by atoms with van der Waals surface area (Å²) >= 11 is 6.25. The molecule has 6 nitrogen and oxygen atoms in total. The van der Waals surface area contributed by atoms with E-state index in [1.807, 2.05) is 32.9 Å². The summed E-state index contributed by atoms with van der Waals surface area (Å²) in [7, 11) is -2.57. The largest absolute Gasteiger partial charge is 0.495 e. The van der Waals surface area contributed by atoms with E-state index in [0.717, 1.165) is 21.0 Å². The van der Waals surface area contributed by atoms with Crippen LogP contribution in [0.3, 0.4) is 0 Å². The topological polar surface area (TPSA) is 75.7 Å². The van der Waals surface area contributed by atoms with Crippen molar-refractivity contribution in [2.75, 3.05) is 23.3 Å². The lowest BCUT2D eigenvalue weighted by molar-refractivity contribution is -0.114. The predicted molar refractivity (Wildman–Crippen MR) is 128 cm³/mol. The molecule has 0 aliphatic heterocycles. The van der Waals surface area contributed by atoms with Gasteiger partial charge in [0.15, 0.2) is 0 Å². The van der Waals surface area contributed by atoms with Crippen LogP contribution in [0.2, 0.25) is 5.02 Å². The second-order valence-corrected chi connectivity index (χ2v) is 9.71. The highest BCUT2D eigenvalue weighted by Crippen LogP contribution is 2.32. The molecule has 168 valence electrons. The first-order valence-electron chi connectivity index (χ1n) is 9.92. The van der Waals surface area contributed by atoms with Gasteiger partial charge in [0.2, 0.25) is 5.91 Å². The molecule has 0 saturated carbocycles. The summed E-state index contributed by atoms with van der Waals surface area (Å²) in [5.74, 6) is -0.0655. The molecule has 0 aliphatic rings. The zero-order valence-electron chi connectivity index (χ0n) is 18.3. The third kappa shape index (κ3) is 5.06. The minimum absolute atomic E-state index is 0.0783. The first-order valence-corrected chi connectivity index (χ1v) is 11.7. The molecule has 3 rings (SSSR count). The Morgan fingerprint density at radius 3 is 2.34 bits per heavy atom. The fraction of sp³-hybridized carbons (Fsp3) is 0.208. The molecular formula is C24H25ClN2O4S. The Bertz CT molecular complexity index is 1240. The lowest BCUT2D eigenvalue weighted by Gasteiger charge is -2.25. The number of ether oxygens (including phenoxy) is 1. The third-order valence-electron chi connectivity index (χ3n) is 5.20. The summed E-state index contributed by atoms with van der Waals surface area (Å²) in [6, 6.07) is 16.6. The van der Waals surface area contributed by atoms with Crippen molar-refractivity contribution in [1.29, 1.82) is 0 Å². The molecule has 1 N–H and O–H groups in total. The van der Waals surface area contributed by atoms with Crippen LogP contribution in [0.25, 0.3) is 0 Å². The summed E-state index contributed by atoms with van der Waals surface area (Å²) in [5.41, 5.74) is 3.76. The van der Waals surface area contributed by atoms with Gasteiger partial charge in [-0.05, 0) is 68.3 Å². The molecule has 0 fully saturated rings. The van der Waals surface area contributed by atoms with E-state index >= 15 is 0 Å². The molecule has 32 heavy (non-hydrogen) atoms. The van der Waals surface area contributed by atoms with E-state index in [2.05, 4.69) is 5.32 Å². The number of sulfonamides is 1. The average Bonchev–Trinajstić information content (AvgIpc) is 2.75. The second-order valence-electron chi connectivity index (χ2n) is 7.44. The molecule has 0 radical (unpaired) electrons. The van der Waals surface area contributed by atoms with Crippen molar-refractivity contribution >= 4 is 38.9 Å². The van der Waals surface area contributed by atoms with Gasteiger partial charge in [-0.15, -0.1) is 0 Å². The molecule has 0 heterocycles. The Kier molecular flexibility index (Phi) is 7.11. The van der Waals surface area contributed by atoms with Crippen LogP contribution >= 0.6 is 11.6 Å². The molecule has 8 heteroatoms. The van der Waals surface area contributed by atoms with Crippen LogP contribution < -0.4 is 14.4 Å². The maximum absolute atomic E-state index is 13.5. The van der Waals surface area contributed by atoms with Crippen molar-refractivity contribution in [3.05, 3.63) is 82.4 Å². The number of aryl methyl sites for hydroxylation is 2. The molecule has 0 bridgehead atoms. The molecule has 1 amide bonds. The highest BCUT2D eigenvalue weighted by molar-refractivity contribution is 7.92. The van der Waals surface area contributed by atoms with Gasteiger partial charge >= 0.3 is 0 Å². The predicted octanol–water partition coefficient (Wildman–Crippen LogP) is 5.11. The number of amides is 1. The average molecular weight is 473 g/mol. The molecule has 0 unspecified atom stereocenters. The lowest BCUT2D eigenvalue weighted by atomic mass is 10.1. The molecule has 0 spiro atoms. The van der Waals surface area contributed by atoms with Crippen molar-refractivity contribution < 1.29 is 17.9 Å². The Balaban J connectivity index is 2.00. The lowest BCUT2D eigenvalue weighted by Crippen LogP contribution is -2.38. The number of hydrogen-bond acceptors (Lipinski definition) is 4. The van der Waals surface area contributed by atoms with Gasteiger partial charge in [0.25, 0.3) is 10.0 Å². The number of hydrogen-bond donors (Lipinski definition) is 1. The third-order valence-corrected chi connectivity index (χ3v) is 7.28. The van der Waals surface area contributed by atoms with Crippen molar-refractivity contribution in [3.8, 4) is 5.75 Å². The van der Waals surface area contributed by atoms with Crippen LogP contribution in [-0.2, 0) is 14.8 Å². The van der Waals surface area contributed by atoms with E-state index in [4.69, 9.17) is 16.3 Å². The molecule has 3 aromatic rings. The van der Waals surface area contributed by atoms with Gasteiger partial charge in [-0.3, -0.25) is 9.10 Å². The second kappa shape index (κ2) is 9.63. The fourth-order valence-corrected chi connectivity index (χ4v) is 4.83. The van der Waals surface area contributed by atoms with E-state index < -0.39 is 22.5 Å². The number of nitrogens with one attached hydrogen (secondary N) is 1. The van der Waals surface area contributed by atoms with Crippen LogP contribution in [0, 0.1) is 20.8 Å². The minimum Gasteiger partial charge on any atom is -0.495 e. The maximum Gasteiger partial charge on any atom is 0.264 e. The summed E-state index contributed by atoms with van der Waals surface area (Å²) in [6.07, 6.45) is 0. The van der Waals surface area contributed by atoms with Crippen molar-refractivity contribution in [2.45, 2.75) is 25.7 Å². The Morgan fingerprint density at radius 2 is 1.72 bits per heavy atom. The van der Waals surface area contributed by atoms with Crippen molar-refractivity contribution in [1.82, 2.24) is 0 Å². The van der Waals surface area contributed by atoms with E-state index in [1.165, 1.54) is 25.3 Å². The SMILES string of the molecule is COc1ccc(N(CC(=O)Nc2cccc(C)c2C)S(=O)(=O)c2ccc(C)cc2)cc1Cl. The van der Waals surface area contributed by atoms with Crippen LogP contribution in [0.5, 0.6) is 5.75 Å². The molecule has 0 saturated heterocycles. The summed E-state index contributed by atoms with van der Waals surface area (Å²) < 4.78 is 33.2. The molecule has 0 atom stereocenters. The smallest absolute Gasteiger partial charge is 0.264 e. The van der Waals surface area contributed by atoms with Crippen molar-refractivity contribution in [3.63, 3.8) is 0 Å². The van der Waals surface area contributed by atoms with Crippen LogP contribution in [0.1, 0.15) is 16.7 Å². The first kappa shape index (κ1) is 23.6. The van der Waals surface area contributed by atoms with Gasteiger partial charge in [-0.25, -0.2) is 8.42 Å². The standard InChI is InChI=1S/C24H25ClN2O4S/c1-16-8-11-20(12-9-16)32(29,30)27(19-10-13-23(31-4)21(25)14-19)15-24(28)26-22-7-5-6-17(2)18(22)3/h5-14H,15H2,1-4H3,(H,26,28). The number of halogens is 1. The zero-order valence-corrected chi connectivity index (χ0v) is 19.9. The van der Waals surface area contributed by atoms with Crippen LogP contribution in [0.15, 0.2) is 65.6 Å². The number of carbonyl (C=O) groups is 1. The van der Waals surface area contributed by atoms with Gasteiger partial charge in [0.1, 0.15) is 12.3 Å². The van der Waals surface area contributed by atoms with Crippen molar-refractivity contribution in [2.24, 2.45) is 0 Å². The van der Waals surface area contributed by atoms with Gasteiger partial charge in [-0.1, -0.05) is 41.4 Å². The number of anilines is 2. The van der Waals surface area contributed by atoms with Gasteiger partial charge in [0.05, 0.1) is 22.7 Å². The van der Waals surface area contributed by atoms with Gasteiger partial charge in [-0.2, -0.15) is 0 Å². The Labute approximate surface area is 193 Å². The summed E-state index contributed by atoms with van der Waals surface area (Å²) in [5, 5.41) is 3.06. The van der Waals surface area contributed by atoms with Gasteiger partial charge < -0.3 is 10.1 Å². The van der Waals surface area contributed by atoms with E-state index in [1.54, 1.807) is 30.3 Å². The fourth-order valence-electron chi connectivity index (χ4n) is 3.17. The molecule has 3 aromatic carbocycles.